The predicted molar refractivity (Wildman–Crippen MR) is 64.6 cm³/mol. The lowest BCUT2D eigenvalue weighted by molar-refractivity contribution is -0.143. The number of esters is 1. The molecule has 6 nitrogen and oxygen atoms in total. The van der Waals surface area contributed by atoms with E-state index in [0.717, 1.165) is 12.2 Å². The zero-order valence-corrected chi connectivity index (χ0v) is 9.53. The second kappa shape index (κ2) is 4.09. The molecule has 0 amide bonds. The van der Waals surface area contributed by atoms with Crippen molar-refractivity contribution in [1.29, 1.82) is 0 Å². The van der Waals surface area contributed by atoms with E-state index >= 15 is 0 Å². The van der Waals surface area contributed by atoms with Gasteiger partial charge in [0.2, 0.25) is 5.88 Å². The van der Waals surface area contributed by atoms with Crippen LogP contribution in [0, 0.1) is 0 Å². The quantitative estimate of drug-likeness (QED) is 0.640. The van der Waals surface area contributed by atoms with Crippen molar-refractivity contribution in [2.75, 3.05) is 0 Å². The number of hydrogen-bond donors (Lipinski definition) is 0. The molecule has 0 atom stereocenters. The van der Waals surface area contributed by atoms with Crippen molar-refractivity contribution in [3.8, 4) is 5.88 Å². The maximum atomic E-state index is 12.2. The Balaban J connectivity index is 2.32. The fourth-order valence-corrected chi connectivity index (χ4v) is 1.77. The summed E-state index contributed by atoms with van der Waals surface area (Å²) in [6.45, 7) is 0. The van der Waals surface area contributed by atoms with Gasteiger partial charge in [-0.25, -0.2) is 9.59 Å². The lowest BCUT2D eigenvalue weighted by Crippen LogP contribution is -2.33. The van der Waals surface area contributed by atoms with Crippen LogP contribution in [0.4, 0.5) is 0 Å². The normalized spacial score (nSPS) is 16.0. The van der Waals surface area contributed by atoms with Gasteiger partial charge in [0.25, 0.3) is 5.56 Å². The molecule has 94 valence electrons. The van der Waals surface area contributed by atoms with Crippen molar-refractivity contribution in [2.45, 2.75) is 0 Å². The summed E-state index contributed by atoms with van der Waals surface area (Å²) in [5.74, 6) is -1.71. The highest BCUT2D eigenvalue weighted by atomic mass is 16.7. The van der Waals surface area contributed by atoms with E-state index in [4.69, 9.17) is 9.57 Å². The molecule has 0 saturated carbocycles. The molecule has 2 aromatic rings. The minimum atomic E-state index is -0.824. The number of hydrogen-bond acceptors (Lipinski definition) is 5. The van der Waals surface area contributed by atoms with E-state index < -0.39 is 17.5 Å². The number of pyridine rings is 1. The van der Waals surface area contributed by atoms with Gasteiger partial charge in [-0.15, -0.1) is 0 Å². The fourth-order valence-electron chi connectivity index (χ4n) is 1.77. The Morgan fingerprint density at radius 2 is 1.68 bits per heavy atom. The van der Waals surface area contributed by atoms with E-state index in [1.165, 1.54) is 6.07 Å². The first-order valence-electron chi connectivity index (χ1n) is 5.42. The minimum absolute atomic E-state index is 0.133. The molecular weight excluding hydrogens is 250 g/mol. The SMILES string of the molecule is O=C1/C=C\C(=O)On2c(cc3ccccc3c2=O)O1. The molecule has 3 rings (SSSR count). The summed E-state index contributed by atoms with van der Waals surface area (Å²) in [5.41, 5.74) is -0.565. The Kier molecular flexibility index (Phi) is 2.42. The summed E-state index contributed by atoms with van der Waals surface area (Å²) in [7, 11) is 0. The van der Waals surface area contributed by atoms with Crippen LogP contribution in [0.1, 0.15) is 0 Å². The maximum absolute atomic E-state index is 12.2. The summed E-state index contributed by atoms with van der Waals surface area (Å²) >= 11 is 0. The van der Waals surface area contributed by atoms with Gasteiger partial charge in [0.05, 0.1) is 5.39 Å². The summed E-state index contributed by atoms with van der Waals surface area (Å²) in [6.07, 6.45) is 1.83. The van der Waals surface area contributed by atoms with Crippen molar-refractivity contribution in [1.82, 2.24) is 4.73 Å². The number of fused-ring (bicyclic) bond motifs is 2. The van der Waals surface area contributed by atoms with Crippen molar-refractivity contribution in [2.24, 2.45) is 0 Å². The minimum Gasteiger partial charge on any atom is -0.403 e. The number of carbonyl (C=O) groups excluding carboxylic acids is 2. The van der Waals surface area contributed by atoms with Crippen LogP contribution < -0.4 is 15.1 Å². The fraction of sp³-hybridized carbons (Fsp3) is 0. The van der Waals surface area contributed by atoms with Gasteiger partial charge in [0.15, 0.2) is 0 Å². The van der Waals surface area contributed by atoms with Crippen LogP contribution in [0.25, 0.3) is 10.8 Å². The molecule has 0 fully saturated rings. The molecule has 0 radical (unpaired) electrons. The van der Waals surface area contributed by atoms with Gasteiger partial charge in [-0.2, -0.15) is 0 Å². The second-order valence-electron chi connectivity index (χ2n) is 3.83. The first-order valence-corrected chi connectivity index (χ1v) is 5.42. The molecule has 1 aliphatic heterocycles. The molecule has 1 aliphatic rings. The zero-order chi connectivity index (χ0) is 13.4. The molecular formula is C13H7NO5. The van der Waals surface area contributed by atoms with Crippen molar-refractivity contribution in [3.05, 3.63) is 52.8 Å². The zero-order valence-electron chi connectivity index (χ0n) is 9.53. The summed E-state index contributed by atoms with van der Waals surface area (Å²) in [4.78, 5) is 39.7. The highest BCUT2D eigenvalue weighted by Gasteiger charge is 2.18. The van der Waals surface area contributed by atoms with Crippen LogP contribution >= 0.6 is 0 Å². The third kappa shape index (κ3) is 1.89. The second-order valence-corrected chi connectivity index (χ2v) is 3.83. The number of aromatic nitrogens is 1. The Hall–Kier alpha value is -2.89. The van der Waals surface area contributed by atoms with Gasteiger partial charge in [-0.05, 0) is 11.5 Å². The van der Waals surface area contributed by atoms with Crippen LogP contribution in [0.15, 0.2) is 47.3 Å². The molecule has 0 bridgehead atoms. The number of benzene rings is 1. The third-order valence-corrected chi connectivity index (χ3v) is 2.60. The van der Waals surface area contributed by atoms with E-state index in [0.29, 0.717) is 15.5 Å². The standard InChI is InChI=1S/C13H7NO5/c15-11-5-6-12(16)19-14-10(18-11)7-8-3-1-2-4-9(8)13(14)17/h1-7H/b6-5-. The van der Waals surface area contributed by atoms with Crippen LogP contribution in [-0.2, 0) is 9.59 Å². The average molecular weight is 257 g/mol. The molecule has 0 aliphatic carbocycles. The summed E-state index contributed by atoms with van der Waals surface area (Å²) in [5, 5.41) is 0.951. The Labute approximate surface area is 106 Å². The van der Waals surface area contributed by atoms with E-state index in [1.807, 2.05) is 0 Å². The third-order valence-electron chi connectivity index (χ3n) is 2.60. The van der Waals surface area contributed by atoms with Crippen molar-refractivity contribution >= 4 is 22.7 Å². The molecule has 0 saturated heterocycles. The number of rotatable bonds is 0. The monoisotopic (exact) mass is 257 g/mol. The number of nitrogens with zero attached hydrogens (tertiary/aromatic N) is 1. The first-order chi connectivity index (χ1) is 9.15. The number of ether oxygens (including phenoxy) is 1. The highest BCUT2D eigenvalue weighted by molar-refractivity contribution is 5.94. The highest BCUT2D eigenvalue weighted by Crippen LogP contribution is 2.17. The Morgan fingerprint density at radius 1 is 0.947 bits per heavy atom. The molecule has 0 N–H and O–H groups in total. The largest absolute Gasteiger partial charge is 0.403 e. The molecule has 19 heavy (non-hydrogen) atoms. The van der Waals surface area contributed by atoms with Gasteiger partial charge in [0, 0.05) is 18.2 Å². The Morgan fingerprint density at radius 3 is 2.53 bits per heavy atom. The predicted octanol–water partition coefficient (Wildman–Crippen LogP) is 0.432. The van der Waals surface area contributed by atoms with Crippen LogP contribution in [0.2, 0.25) is 0 Å². The van der Waals surface area contributed by atoms with E-state index in [-0.39, 0.29) is 5.88 Å². The summed E-state index contributed by atoms with van der Waals surface area (Å²) < 4.78 is 5.61. The van der Waals surface area contributed by atoms with E-state index in [1.54, 1.807) is 24.3 Å². The smallest absolute Gasteiger partial charge is 0.357 e. The van der Waals surface area contributed by atoms with Gasteiger partial charge < -0.3 is 9.57 Å². The van der Waals surface area contributed by atoms with E-state index in [2.05, 4.69) is 0 Å². The lowest BCUT2D eigenvalue weighted by Gasteiger charge is -2.13. The molecule has 0 spiro atoms. The van der Waals surface area contributed by atoms with Crippen molar-refractivity contribution in [3.63, 3.8) is 0 Å². The maximum Gasteiger partial charge on any atom is 0.357 e. The summed E-state index contributed by atoms with van der Waals surface area (Å²) in [6, 6.07) is 8.18. The Bertz CT molecular complexity index is 787. The topological polar surface area (TPSA) is 74.6 Å². The van der Waals surface area contributed by atoms with Gasteiger partial charge in [0.1, 0.15) is 0 Å². The molecule has 1 aromatic heterocycles. The van der Waals surface area contributed by atoms with Gasteiger partial charge in [-0.1, -0.05) is 22.9 Å². The molecule has 2 heterocycles. The van der Waals surface area contributed by atoms with Crippen LogP contribution in [0.5, 0.6) is 5.88 Å². The van der Waals surface area contributed by atoms with Gasteiger partial charge >= 0.3 is 11.9 Å². The van der Waals surface area contributed by atoms with Crippen LogP contribution in [-0.4, -0.2) is 16.7 Å². The first kappa shape index (κ1) is 11.2. The van der Waals surface area contributed by atoms with Gasteiger partial charge in [-0.3, -0.25) is 4.79 Å². The molecule has 0 unspecified atom stereocenters. The lowest BCUT2D eigenvalue weighted by atomic mass is 10.2. The average Bonchev–Trinajstić information content (AvgIpc) is 2.39. The van der Waals surface area contributed by atoms with Crippen molar-refractivity contribution < 1.29 is 19.2 Å². The molecule has 6 heteroatoms. The number of carbonyl (C=O) groups is 2. The molecule has 1 aromatic carbocycles. The van der Waals surface area contributed by atoms with E-state index in [9.17, 15) is 14.4 Å². The van der Waals surface area contributed by atoms with Crippen LogP contribution in [0.3, 0.4) is 0 Å².